The van der Waals surface area contributed by atoms with E-state index in [0.29, 0.717) is 43.0 Å². The minimum Gasteiger partial charge on any atom is -0.444 e. The Hall–Kier alpha value is -4.12. The Kier molecular flexibility index (Phi) is 7.06. The molecule has 216 valence electrons. The van der Waals surface area contributed by atoms with E-state index < -0.39 is 5.60 Å². The van der Waals surface area contributed by atoms with Crippen LogP contribution in [-0.2, 0) is 9.47 Å². The quantitative estimate of drug-likeness (QED) is 0.380. The van der Waals surface area contributed by atoms with Crippen molar-refractivity contribution in [1.29, 1.82) is 0 Å². The molecule has 2 aliphatic rings. The number of ether oxygens (including phenoxy) is 2. The first-order valence-corrected chi connectivity index (χ1v) is 14.2. The van der Waals surface area contributed by atoms with E-state index in [2.05, 4.69) is 32.2 Å². The van der Waals surface area contributed by atoms with Crippen molar-refractivity contribution in [1.82, 2.24) is 30.0 Å². The summed E-state index contributed by atoms with van der Waals surface area (Å²) >= 11 is 0. The number of benzene rings is 2. The number of hydrogen-bond acceptors (Lipinski definition) is 7. The standard InChI is InChI=1S/C30H37N7O4/c1-30(2,3)41-29(39)35(4)20-9-11-37(12-10-20)28(38)19-5-7-23-22(17-19)26(34-33-23)27-31-24-8-6-21(18-25(24)32-27)36-13-15-40-16-14-36/h5-8,17-18,20H,9-16H2,1-4H3,(H,31,32)(H,33,34). The van der Waals surface area contributed by atoms with Crippen molar-refractivity contribution < 1.29 is 19.1 Å². The number of aromatic amines is 2. The van der Waals surface area contributed by atoms with Gasteiger partial charge in [-0.3, -0.25) is 9.89 Å². The van der Waals surface area contributed by atoms with Crippen molar-refractivity contribution in [2.75, 3.05) is 51.3 Å². The number of amides is 2. The molecule has 2 saturated heterocycles. The van der Waals surface area contributed by atoms with Crippen molar-refractivity contribution in [2.45, 2.75) is 45.3 Å². The average molecular weight is 560 g/mol. The van der Waals surface area contributed by atoms with Crippen molar-refractivity contribution >= 4 is 39.6 Å². The summed E-state index contributed by atoms with van der Waals surface area (Å²) in [5, 5.41) is 8.45. The number of carbonyl (C=O) groups is 2. The van der Waals surface area contributed by atoms with E-state index in [9.17, 15) is 9.59 Å². The summed E-state index contributed by atoms with van der Waals surface area (Å²) in [4.78, 5) is 40.0. The van der Waals surface area contributed by atoms with Gasteiger partial charge in [0.2, 0.25) is 0 Å². The maximum absolute atomic E-state index is 13.5. The normalized spacial score (nSPS) is 16.9. The first-order valence-electron chi connectivity index (χ1n) is 14.2. The van der Waals surface area contributed by atoms with Gasteiger partial charge in [-0.25, -0.2) is 9.78 Å². The second kappa shape index (κ2) is 10.7. The number of fused-ring (bicyclic) bond motifs is 2. The number of carbonyl (C=O) groups excluding carboxylic acids is 2. The van der Waals surface area contributed by atoms with Crippen molar-refractivity contribution in [3.05, 3.63) is 42.0 Å². The molecule has 2 N–H and O–H groups in total. The highest BCUT2D eigenvalue weighted by molar-refractivity contribution is 6.01. The Morgan fingerprint density at radius 2 is 1.78 bits per heavy atom. The lowest BCUT2D eigenvalue weighted by Gasteiger charge is -2.37. The predicted molar refractivity (Wildman–Crippen MR) is 157 cm³/mol. The lowest BCUT2D eigenvalue weighted by Crippen LogP contribution is -2.48. The number of aromatic nitrogens is 4. The molecule has 11 nitrogen and oxygen atoms in total. The Morgan fingerprint density at radius 1 is 1.02 bits per heavy atom. The molecule has 0 aliphatic carbocycles. The Labute approximate surface area is 238 Å². The minimum absolute atomic E-state index is 0.0304. The van der Waals surface area contributed by atoms with Gasteiger partial charge in [-0.05, 0) is 70.0 Å². The number of hydrogen-bond donors (Lipinski definition) is 2. The summed E-state index contributed by atoms with van der Waals surface area (Å²) in [5.41, 5.74) is 4.51. The van der Waals surface area contributed by atoms with Gasteiger partial charge in [0.1, 0.15) is 11.3 Å². The number of H-pyrrole nitrogens is 2. The largest absolute Gasteiger partial charge is 0.444 e. The van der Waals surface area contributed by atoms with E-state index in [4.69, 9.17) is 14.5 Å². The van der Waals surface area contributed by atoms with Gasteiger partial charge in [-0.2, -0.15) is 5.10 Å². The van der Waals surface area contributed by atoms with Gasteiger partial charge >= 0.3 is 6.09 Å². The summed E-state index contributed by atoms with van der Waals surface area (Å²) in [6.07, 6.45) is 1.07. The van der Waals surface area contributed by atoms with E-state index in [1.165, 1.54) is 0 Å². The van der Waals surface area contributed by atoms with Crippen LogP contribution in [0.4, 0.5) is 10.5 Å². The fourth-order valence-electron chi connectivity index (χ4n) is 5.58. The third-order valence-corrected chi connectivity index (χ3v) is 7.86. The Morgan fingerprint density at radius 3 is 2.51 bits per heavy atom. The van der Waals surface area contributed by atoms with Crippen LogP contribution in [-0.4, -0.2) is 100 Å². The molecule has 4 aromatic rings. The number of imidazole rings is 1. The van der Waals surface area contributed by atoms with Crippen LogP contribution in [0.25, 0.3) is 33.5 Å². The fourth-order valence-corrected chi connectivity index (χ4v) is 5.58. The second-order valence-corrected chi connectivity index (χ2v) is 11.8. The van der Waals surface area contributed by atoms with Crippen molar-refractivity contribution in [3.63, 3.8) is 0 Å². The molecule has 0 bridgehead atoms. The molecule has 2 aromatic carbocycles. The van der Waals surface area contributed by atoms with Crippen molar-refractivity contribution in [2.24, 2.45) is 0 Å². The summed E-state index contributed by atoms with van der Waals surface area (Å²) < 4.78 is 11.0. The van der Waals surface area contributed by atoms with Gasteiger partial charge in [0.25, 0.3) is 5.91 Å². The van der Waals surface area contributed by atoms with E-state index in [-0.39, 0.29) is 18.0 Å². The van der Waals surface area contributed by atoms with Crippen LogP contribution in [0, 0.1) is 0 Å². The zero-order valence-corrected chi connectivity index (χ0v) is 24.1. The molecule has 4 heterocycles. The molecule has 0 radical (unpaired) electrons. The lowest BCUT2D eigenvalue weighted by molar-refractivity contribution is 0.0156. The highest BCUT2D eigenvalue weighted by Gasteiger charge is 2.30. The van der Waals surface area contributed by atoms with E-state index in [1.54, 1.807) is 11.9 Å². The molecule has 0 atom stereocenters. The Bertz CT molecular complexity index is 1570. The van der Waals surface area contributed by atoms with Gasteiger partial charge in [-0.15, -0.1) is 0 Å². The number of nitrogens with zero attached hydrogens (tertiary/aromatic N) is 5. The molecule has 2 amide bonds. The highest BCUT2D eigenvalue weighted by atomic mass is 16.6. The SMILES string of the molecule is CN(C(=O)OC(C)(C)C)C1CCN(C(=O)c2ccc3[nH]nc(-c4nc5ccc(N6CCOCC6)cc5[nH]4)c3c2)CC1. The van der Waals surface area contributed by atoms with Crippen LogP contribution in [0.1, 0.15) is 44.0 Å². The van der Waals surface area contributed by atoms with Gasteiger partial charge in [-0.1, -0.05) is 0 Å². The molecule has 2 aliphatic heterocycles. The lowest BCUT2D eigenvalue weighted by atomic mass is 10.0. The molecule has 6 rings (SSSR count). The van der Waals surface area contributed by atoms with Crippen LogP contribution in [0.3, 0.4) is 0 Å². The molecular weight excluding hydrogens is 522 g/mol. The molecule has 2 fully saturated rings. The maximum Gasteiger partial charge on any atom is 0.410 e. The minimum atomic E-state index is -0.541. The van der Waals surface area contributed by atoms with Gasteiger partial charge in [0.15, 0.2) is 5.82 Å². The van der Waals surface area contributed by atoms with Gasteiger partial charge in [0.05, 0.1) is 29.8 Å². The van der Waals surface area contributed by atoms with Gasteiger partial charge in [0, 0.05) is 55.9 Å². The van der Waals surface area contributed by atoms with E-state index >= 15 is 0 Å². The third kappa shape index (κ3) is 5.58. The number of nitrogens with one attached hydrogen (secondary N) is 2. The first-order chi connectivity index (χ1) is 19.7. The maximum atomic E-state index is 13.5. The summed E-state index contributed by atoms with van der Waals surface area (Å²) in [6.45, 7) is 9.92. The Balaban J connectivity index is 1.18. The number of anilines is 1. The molecular formula is C30H37N7O4. The summed E-state index contributed by atoms with van der Waals surface area (Å²) in [5.74, 6) is 0.623. The molecule has 2 aromatic heterocycles. The summed E-state index contributed by atoms with van der Waals surface area (Å²) in [7, 11) is 1.77. The monoisotopic (exact) mass is 559 g/mol. The number of piperidine rings is 1. The number of morpholine rings is 1. The fraction of sp³-hybridized carbons (Fsp3) is 0.467. The second-order valence-electron chi connectivity index (χ2n) is 11.8. The zero-order valence-electron chi connectivity index (χ0n) is 24.1. The van der Waals surface area contributed by atoms with E-state index in [0.717, 1.165) is 53.9 Å². The molecule has 11 heteroatoms. The molecule has 0 unspecified atom stereocenters. The van der Waals surface area contributed by atoms with Crippen LogP contribution >= 0.6 is 0 Å². The molecule has 0 saturated carbocycles. The van der Waals surface area contributed by atoms with Crippen LogP contribution in [0.2, 0.25) is 0 Å². The summed E-state index contributed by atoms with van der Waals surface area (Å²) in [6, 6.07) is 11.9. The molecule has 0 spiro atoms. The number of likely N-dealkylation sites (tertiary alicyclic amines) is 1. The average Bonchev–Trinajstić information content (AvgIpc) is 3.59. The van der Waals surface area contributed by atoms with Crippen molar-refractivity contribution in [3.8, 4) is 11.5 Å². The van der Waals surface area contributed by atoms with Gasteiger partial charge < -0.3 is 29.2 Å². The third-order valence-electron chi connectivity index (χ3n) is 7.86. The zero-order chi connectivity index (χ0) is 28.7. The topological polar surface area (TPSA) is 120 Å². The van der Waals surface area contributed by atoms with Crippen LogP contribution in [0.15, 0.2) is 36.4 Å². The first kappa shape index (κ1) is 27.1. The van der Waals surface area contributed by atoms with Crippen LogP contribution < -0.4 is 4.90 Å². The highest BCUT2D eigenvalue weighted by Crippen LogP contribution is 2.30. The predicted octanol–water partition coefficient (Wildman–Crippen LogP) is 4.41. The van der Waals surface area contributed by atoms with E-state index in [1.807, 2.05) is 49.9 Å². The van der Waals surface area contributed by atoms with Crippen LogP contribution in [0.5, 0.6) is 0 Å². The smallest absolute Gasteiger partial charge is 0.410 e. The molecule has 41 heavy (non-hydrogen) atoms. The number of rotatable bonds is 4.